The number of para-hydroxylation sites is 2. The lowest BCUT2D eigenvalue weighted by Crippen LogP contribution is -2.53. The highest BCUT2D eigenvalue weighted by atomic mass is 28.3. The van der Waals surface area contributed by atoms with Gasteiger partial charge in [-0.2, -0.15) is 0 Å². The summed E-state index contributed by atoms with van der Waals surface area (Å²) < 4.78 is 28.1. The Bertz CT molecular complexity index is 2110. The first kappa shape index (κ1) is 30.5. The van der Waals surface area contributed by atoms with Crippen molar-refractivity contribution in [3.05, 3.63) is 181 Å². The average molecular weight is 657 g/mol. The van der Waals surface area contributed by atoms with Gasteiger partial charge in [0.1, 0.15) is 19.7 Å². The fraction of sp³-hybridized carbons (Fsp3) is 0.0455. The third-order valence-corrected chi connectivity index (χ3v) is 13.1. The SMILES string of the molecule is C[Si]1(C)c2ccc(N(c3ccccc3)c3ccc(F)cc3)cc2-c2ccccc2-c2cc(N(c3ccccc3)c3ccc(F)cc3)ccc21. The van der Waals surface area contributed by atoms with E-state index < -0.39 is 8.07 Å². The number of fused-ring (bicyclic) bond motifs is 5. The van der Waals surface area contributed by atoms with Crippen LogP contribution in [0.4, 0.5) is 42.9 Å². The number of anilines is 6. The summed E-state index contributed by atoms with van der Waals surface area (Å²) in [6.07, 6.45) is 0. The van der Waals surface area contributed by atoms with Crippen LogP contribution in [-0.2, 0) is 0 Å². The summed E-state index contributed by atoms with van der Waals surface area (Å²) in [4.78, 5) is 4.38. The molecule has 238 valence electrons. The van der Waals surface area contributed by atoms with Crippen LogP contribution in [-0.4, -0.2) is 8.07 Å². The Kier molecular flexibility index (Phi) is 7.70. The van der Waals surface area contributed by atoms with Crippen LogP contribution in [0.2, 0.25) is 13.1 Å². The maximum Gasteiger partial charge on any atom is 0.123 e. The van der Waals surface area contributed by atoms with Gasteiger partial charge in [0, 0.05) is 34.1 Å². The summed E-state index contributed by atoms with van der Waals surface area (Å²) in [6.45, 7) is 4.86. The van der Waals surface area contributed by atoms with Crippen molar-refractivity contribution in [2.24, 2.45) is 0 Å². The van der Waals surface area contributed by atoms with Gasteiger partial charge in [-0.1, -0.05) is 85.9 Å². The molecule has 2 nitrogen and oxygen atoms in total. The van der Waals surface area contributed by atoms with Crippen LogP contribution in [0.5, 0.6) is 0 Å². The summed E-state index contributed by atoms with van der Waals surface area (Å²) in [6, 6.07) is 56.2. The molecular formula is C44H34F2N2Si. The lowest BCUT2D eigenvalue weighted by atomic mass is 9.93. The maximum absolute atomic E-state index is 14.1. The molecule has 0 unspecified atom stereocenters. The molecule has 0 atom stereocenters. The molecule has 0 N–H and O–H groups in total. The predicted octanol–water partition coefficient (Wildman–Crippen LogP) is 11.4. The quantitative estimate of drug-likeness (QED) is 0.164. The van der Waals surface area contributed by atoms with E-state index in [9.17, 15) is 8.78 Å². The van der Waals surface area contributed by atoms with Crippen molar-refractivity contribution in [2.45, 2.75) is 13.1 Å². The lowest BCUT2D eigenvalue weighted by molar-refractivity contribution is 0.627. The summed E-state index contributed by atoms with van der Waals surface area (Å²) >= 11 is 0. The molecule has 0 saturated carbocycles. The molecule has 8 rings (SSSR count). The predicted molar refractivity (Wildman–Crippen MR) is 203 cm³/mol. The van der Waals surface area contributed by atoms with Crippen LogP contribution in [0.25, 0.3) is 22.3 Å². The molecule has 0 saturated heterocycles. The van der Waals surface area contributed by atoms with Crippen molar-refractivity contribution in [2.75, 3.05) is 9.80 Å². The standard InChI is InChI=1S/C44H34F2N2Si/c1-49(2)43-27-25-37(47(33-11-5-3-6-12-33)35-21-17-31(45)18-22-35)29-41(43)39-15-9-10-16-40(39)42-30-38(26-28-44(42)49)48(34-13-7-4-8-14-34)36-23-19-32(46)20-24-36/h3-30H,1-2H3. The van der Waals surface area contributed by atoms with Crippen LogP contribution >= 0.6 is 0 Å². The molecular weight excluding hydrogens is 623 g/mol. The summed E-state index contributed by atoms with van der Waals surface area (Å²) in [7, 11) is -2.26. The van der Waals surface area contributed by atoms with Crippen molar-refractivity contribution in [1.82, 2.24) is 0 Å². The zero-order valence-electron chi connectivity index (χ0n) is 27.3. The first-order valence-electron chi connectivity index (χ1n) is 16.5. The topological polar surface area (TPSA) is 6.48 Å². The lowest BCUT2D eigenvalue weighted by Gasteiger charge is -2.30. The van der Waals surface area contributed by atoms with Gasteiger partial charge >= 0.3 is 0 Å². The van der Waals surface area contributed by atoms with E-state index in [1.54, 1.807) is 0 Å². The largest absolute Gasteiger partial charge is 0.310 e. The first-order chi connectivity index (χ1) is 23.9. The van der Waals surface area contributed by atoms with E-state index in [4.69, 9.17) is 0 Å². The van der Waals surface area contributed by atoms with E-state index in [1.165, 1.54) is 56.9 Å². The zero-order valence-corrected chi connectivity index (χ0v) is 28.3. The van der Waals surface area contributed by atoms with Gasteiger partial charge in [0.15, 0.2) is 0 Å². The minimum atomic E-state index is -2.26. The number of hydrogen-bond acceptors (Lipinski definition) is 2. The molecule has 1 aliphatic heterocycles. The fourth-order valence-corrected chi connectivity index (χ4v) is 10.3. The molecule has 0 bridgehead atoms. The van der Waals surface area contributed by atoms with Crippen LogP contribution < -0.4 is 20.2 Å². The van der Waals surface area contributed by atoms with Crippen LogP contribution in [0.15, 0.2) is 170 Å². The molecule has 0 radical (unpaired) electrons. The maximum atomic E-state index is 14.1. The molecule has 49 heavy (non-hydrogen) atoms. The summed E-state index contributed by atoms with van der Waals surface area (Å²) in [5.41, 5.74) is 10.6. The van der Waals surface area contributed by atoms with Crippen LogP contribution in [0, 0.1) is 11.6 Å². The van der Waals surface area contributed by atoms with Gasteiger partial charge in [-0.05, 0) is 130 Å². The third kappa shape index (κ3) is 5.52. The van der Waals surface area contributed by atoms with Crippen molar-refractivity contribution in [3.63, 3.8) is 0 Å². The Morgan fingerprint density at radius 3 is 1.06 bits per heavy atom. The minimum Gasteiger partial charge on any atom is -0.310 e. The molecule has 1 heterocycles. The Morgan fingerprint density at radius 1 is 0.347 bits per heavy atom. The number of nitrogens with zero attached hydrogens (tertiary/aromatic N) is 2. The van der Waals surface area contributed by atoms with Gasteiger partial charge in [-0.3, -0.25) is 0 Å². The first-order valence-corrected chi connectivity index (χ1v) is 19.5. The normalized spacial score (nSPS) is 12.7. The smallest absolute Gasteiger partial charge is 0.123 e. The van der Waals surface area contributed by atoms with Gasteiger partial charge in [0.05, 0.1) is 0 Å². The van der Waals surface area contributed by atoms with Gasteiger partial charge in [-0.25, -0.2) is 8.78 Å². The van der Waals surface area contributed by atoms with E-state index >= 15 is 0 Å². The van der Waals surface area contributed by atoms with Crippen molar-refractivity contribution in [1.29, 1.82) is 0 Å². The molecule has 0 aromatic heterocycles. The van der Waals surface area contributed by atoms with Crippen molar-refractivity contribution in [3.8, 4) is 22.3 Å². The van der Waals surface area contributed by atoms with Crippen molar-refractivity contribution >= 4 is 52.6 Å². The highest BCUT2D eigenvalue weighted by molar-refractivity contribution is 7.02. The van der Waals surface area contributed by atoms with Crippen molar-refractivity contribution < 1.29 is 8.78 Å². The third-order valence-electron chi connectivity index (χ3n) is 9.58. The minimum absolute atomic E-state index is 0.261. The van der Waals surface area contributed by atoms with E-state index in [2.05, 4.69) is 108 Å². The second kappa shape index (κ2) is 12.3. The Hall–Kier alpha value is -5.78. The van der Waals surface area contributed by atoms with E-state index in [0.29, 0.717) is 0 Å². The highest BCUT2D eigenvalue weighted by Gasteiger charge is 2.36. The molecule has 7 aromatic carbocycles. The second-order valence-corrected chi connectivity index (χ2v) is 17.3. The molecule has 0 aliphatic carbocycles. The molecule has 5 heteroatoms. The summed E-state index contributed by atoms with van der Waals surface area (Å²) in [5, 5.41) is 2.72. The fourth-order valence-electron chi connectivity index (χ4n) is 7.21. The molecule has 0 spiro atoms. The number of rotatable bonds is 6. The number of hydrogen-bond donors (Lipinski definition) is 0. The molecule has 1 aliphatic rings. The molecule has 0 fully saturated rings. The van der Waals surface area contributed by atoms with E-state index in [0.717, 1.165) is 34.1 Å². The van der Waals surface area contributed by atoms with Crippen LogP contribution in [0.1, 0.15) is 0 Å². The van der Waals surface area contributed by atoms with Gasteiger partial charge < -0.3 is 9.80 Å². The molecule has 0 amide bonds. The monoisotopic (exact) mass is 656 g/mol. The van der Waals surface area contributed by atoms with E-state index in [-0.39, 0.29) is 11.6 Å². The number of halogens is 2. The highest BCUT2D eigenvalue weighted by Crippen LogP contribution is 2.43. The van der Waals surface area contributed by atoms with Gasteiger partial charge in [0.25, 0.3) is 0 Å². The zero-order chi connectivity index (χ0) is 33.5. The average Bonchev–Trinajstić information content (AvgIpc) is 3.21. The van der Waals surface area contributed by atoms with Gasteiger partial charge in [0.2, 0.25) is 0 Å². The Morgan fingerprint density at radius 2 is 0.673 bits per heavy atom. The Balaban J connectivity index is 1.32. The molecule has 7 aromatic rings. The van der Waals surface area contributed by atoms with Gasteiger partial charge in [-0.15, -0.1) is 0 Å². The second-order valence-electron chi connectivity index (χ2n) is 12.9. The number of benzene rings is 7. The Labute approximate surface area is 287 Å². The van der Waals surface area contributed by atoms with Crippen LogP contribution in [0.3, 0.4) is 0 Å². The van der Waals surface area contributed by atoms with E-state index in [1.807, 2.05) is 60.7 Å². The summed E-state index contributed by atoms with van der Waals surface area (Å²) in [5.74, 6) is -0.523.